The maximum atomic E-state index is 11.8. The summed E-state index contributed by atoms with van der Waals surface area (Å²) < 4.78 is 5.05. The van der Waals surface area contributed by atoms with Crippen LogP contribution >= 0.6 is 0 Å². The van der Waals surface area contributed by atoms with Crippen molar-refractivity contribution < 1.29 is 19.1 Å². The lowest BCUT2D eigenvalue weighted by Crippen LogP contribution is -2.40. The molecule has 0 saturated heterocycles. The Morgan fingerprint density at radius 1 is 1.47 bits per heavy atom. The molecule has 0 spiro atoms. The van der Waals surface area contributed by atoms with Crippen LogP contribution in [0.15, 0.2) is 16.7 Å². The van der Waals surface area contributed by atoms with E-state index in [4.69, 9.17) is 9.52 Å². The molecule has 1 fully saturated rings. The zero-order chi connectivity index (χ0) is 12.4. The van der Waals surface area contributed by atoms with Gasteiger partial charge in [0, 0.05) is 6.04 Å². The molecule has 1 aromatic heterocycles. The molecule has 0 radical (unpaired) electrons. The van der Waals surface area contributed by atoms with Crippen LogP contribution in [0, 0.1) is 12.8 Å². The Labute approximate surface area is 98.8 Å². The van der Waals surface area contributed by atoms with Crippen molar-refractivity contribution >= 4 is 11.9 Å². The minimum atomic E-state index is -0.837. The summed E-state index contributed by atoms with van der Waals surface area (Å²) in [5.41, 5.74) is 0.443. The van der Waals surface area contributed by atoms with Gasteiger partial charge in [-0.1, -0.05) is 6.42 Å². The van der Waals surface area contributed by atoms with Crippen molar-refractivity contribution in [2.24, 2.45) is 5.92 Å². The SMILES string of the molecule is Cc1cc(C(=O)N[C@@H]2CCC[C@@H]2C(=O)O)co1. The number of carboxylic acid groups (broad SMARTS) is 1. The molecule has 1 saturated carbocycles. The molecule has 5 nitrogen and oxygen atoms in total. The lowest BCUT2D eigenvalue weighted by Gasteiger charge is -2.16. The Morgan fingerprint density at radius 3 is 2.82 bits per heavy atom. The van der Waals surface area contributed by atoms with Crippen molar-refractivity contribution in [3.8, 4) is 0 Å². The summed E-state index contributed by atoms with van der Waals surface area (Å²) in [6, 6.07) is 1.37. The van der Waals surface area contributed by atoms with Gasteiger partial charge < -0.3 is 14.8 Å². The molecule has 1 aliphatic rings. The molecular formula is C12H15NO4. The average molecular weight is 237 g/mol. The lowest BCUT2D eigenvalue weighted by molar-refractivity contribution is -0.142. The van der Waals surface area contributed by atoms with Crippen LogP contribution in [0.3, 0.4) is 0 Å². The van der Waals surface area contributed by atoms with E-state index in [9.17, 15) is 9.59 Å². The molecule has 1 heterocycles. The predicted molar refractivity (Wildman–Crippen MR) is 59.7 cm³/mol. The van der Waals surface area contributed by atoms with Crippen LogP contribution in [0.25, 0.3) is 0 Å². The van der Waals surface area contributed by atoms with Gasteiger partial charge in [-0.15, -0.1) is 0 Å². The van der Waals surface area contributed by atoms with Gasteiger partial charge in [0.25, 0.3) is 5.91 Å². The number of rotatable bonds is 3. The number of carbonyl (C=O) groups is 2. The van der Waals surface area contributed by atoms with Crippen LogP contribution in [0.5, 0.6) is 0 Å². The van der Waals surface area contributed by atoms with E-state index in [0.717, 1.165) is 12.8 Å². The van der Waals surface area contributed by atoms with Crippen LogP contribution in [-0.2, 0) is 4.79 Å². The van der Waals surface area contributed by atoms with Crippen molar-refractivity contribution in [2.45, 2.75) is 32.2 Å². The molecule has 0 bridgehead atoms. The van der Waals surface area contributed by atoms with Gasteiger partial charge in [0.2, 0.25) is 0 Å². The smallest absolute Gasteiger partial charge is 0.308 e. The first-order chi connectivity index (χ1) is 8.08. The van der Waals surface area contributed by atoms with Crippen molar-refractivity contribution in [1.29, 1.82) is 0 Å². The Kier molecular flexibility index (Phi) is 3.17. The second kappa shape index (κ2) is 4.61. The number of carbonyl (C=O) groups excluding carboxylic acids is 1. The Morgan fingerprint density at radius 2 is 2.24 bits per heavy atom. The summed E-state index contributed by atoms with van der Waals surface area (Å²) in [7, 11) is 0. The maximum absolute atomic E-state index is 11.8. The fourth-order valence-electron chi connectivity index (χ4n) is 2.24. The third kappa shape index (κ3) is 2.49. The number of furan rings is 1. The maximum Gasteiger partial charge on any atom is 0.308 e. The number of aliphatic carboxylic acids is 1. The van der Waals surface area contributed by atoms with E-state index in [-0.39, 0.29) is 11.9 Å². The Hall–Kier alpha value is -1.78. The third-order valence-electron chi connectivity index (χ3n) is 3.14. The van der Waals surface area contributed by atoms with Gasteiger partial charge in [0.05, 0.1) is 11.5 Å². The third-order valence-corrected chi connectivity index (χ3v) is 3.14. The molecule has 1 amide bonds. The highest BCUT2D eigenvalue weighted by molar-refractivity contribution is 5.94. The van der Waals surface area contributed by atoms with Crippen LogP contribution in [0.1, 0.15) is 35.4 Å². The number of hydrogen-bond acceptors (Lipinski definition) is 3. The quantitative estimate of drug-likeness (QED) is 0.836. The summed E-state index contributed by atoms with van der Waals surface area (Å²) in [6.07, 6.45) is 3.58. The zero-order valence-electron chi connectivity index (χ0n) is 9.60. The summed E-state index contributed by atoms with van der Waals surface area (Å²) in [4.78, 5) is 22.8. The summed E-state index contributed by atoms with van der Waals surface area (Å²) in [5, 5.41) is 11.8. The predicted octanol–water partition coefficient (Wildman–Crippen LogP) is 1.57. The minimum Gasteiger partial charge on any atom is -0.481 e. The van der Waals surface area contributed by atoms with E-state index >= 15 is 0 Å². The van der Waals surface area contributed by atoms with E-state index in [1.807, 2.05) is 0 Å². The zero-order valence-corrected chi connectivity index (χ0v) is 9.60. The highest BCUT2D eigenvalue weighted by Crippen LogP contribution is 2.26. The van der Waals surface area contributed by atoms with Crippen molar-refractivity contribution in [1.82, 2.24) is 5.32 Å². The lowest BCUT2D eigenvalue weighted by atomic mass is 10.0. The summed E-state index contributed by atoms with van der Waals surface area (Å²) in [6.45, 7) is 1.76. The fourth-order valence-corrected chi connectivity index (χ4v) is 2.24. The topological polar surface area (TPSA) is 79.5 Å². The average Bonchev–Trinajstić information content (AvgIpc) is 2.86. The molecule has 2 atom stereocenters. The van der Waals surface area contributed by atoms with E-state index in [2.05, 4.69) is 5.32 Å². The van der Waals surface area contributed by atoms with Gasteiger partial charge in [-0.05, 0) is 25.8 Å². The van der Waals surface area contributed by atoms with Crippen molar-refractivity contribution in [3.63, 3.8) is 0 Å². The summed E-state index contributed by atoms with van der Waals surface area (Å²) in [5.74, 6) is -0.903. The number of aryl methyl sites for hydroxylation is 1. The number of hydrogen-bond donors (Lipinski definition) is 2. The summed E-state index contributed by atoms with van der Waals surface area (Å²) >= 11 is 0. The van der Waals surface area contributed by atoms with E-state index < -0.39 is 11.9 Å². The first-order valence-corrected chi connectivity index (χ1v) is 5.66. The number of amides is 1. The van der Waals surface area contributed by atoms with Gasteiger partial charge in [-0.25, -0.2) is 0 Å². The van der Waals surface area contributed by atoms with Crippen LogP contribution in [0.4, 0.5) is 0 Å². The first-order valence-electron chi connectivity index (χ1n) is 5.66. The molecule has 0 aromatic carbocycles. The van der Waals surface area contributed by atoms with E-state index in [0.29, 0.717) is 17.7 Å². The Balaban J connectivity index is 2.01. The van der Waals surface area contributed by atoms with Crippen molar-refractivity contribution in [3.05, 3.63) is 23.7 Å². The van der Waals surface area contributed by atoms with Crippen LogP contribution in [-0.4, -0.2) is 23.0 Å². The molecule has 0 aliphatic heterocycles. The molecule has 92 valence electrons. The van der Waals surface area contributed by atoms with Gasteiger partial charge in [0.1, 0.15) is 12.0 Å². The van der Waals surface area contributed by atoms with Crippen molar-refractivity contribution in [2.75, 3.05) is 0 Å². The number of nitrogens with one attached hydrogen (secondary N) is 1. The minimum absolute atomic E-state index is 0.264. The first kappa shape index (κ1) is 11.7. The van der Waals surface area contributed by atoms with Gasteiger partial charge in [-0.2, -0.15) is 0 Å². The van der Waals surface area contributed by atoms with Gasteiger partial charge in [0.15, 0.2) is 0 Å². The van der Waals surface area contributed by atoms with Gasteiger partial charge in [-0.3, -0.25) is 9.59 Å². The van der Waals surface area contributed by atoms with E-state index in [1.54, 1.807) is 13.0 Å². The highest BCUT2D eigenvalue weighted by Gasteiger charge is 2.34. The Bertz CT molecular complexity index is 437. The molecule has 2 N–H and O–H groups in total. The van der Waals surface area contributed by atoms with E-state index in [1.165, 1.54) is 6.26 Å². The second-order valence-electron chi connectivity index (χ2n) is 4.40. The molecule has 2 rings (SSSR count). The highest BCUT2D eigenvalue weighted by atomic mass is 16.4. The standard InChI is InChI=1S/C12H15NO4/c1-7-5-8(6-17-7)11(14)13-10-4-2-3-9(10)12(15)16/h5-6,9-10H,2-4H2,1H3,(H,13,14)(H,15,16)/t9-,10+/m0/s1. The van der Waals surface area contributed by atoms with Crippen LogP contribution < -0.4 is 5.32 Å². The second-order valence-corrected chi connectivity index (χ2v) is 4.40. The molecule has 5 heteroatoms. The number of carboxylic acids is 1. The molecule has 1 aromatic rings. The van der Waals surface area contributed by atoms with Gasteiger partial charge >= 0.3 is 5.97 Å². The molecule has 0 unspecified atom stereocenters. The fraction of sp³-hybridized carbons (Fsp3) is 0.500. The molecule has 17 heavy (non-hydrogen) atoms. The monoisotopic (exact) mass is 237 g/mol. The molecular weight excluding hydrogens is 222 g/mol. The normalized spacial score (nSPS) is 23.6. The largest absolute Gasteiger partial charge is 0.481 e. The molecule has 1 aliphatic carbocycles. The van der Waals surface area contributed by atoms with Crippen LogP contribution in [0.2, 0.25) is 0 Å².